The molecule has 3 rings (SSSR count). The molecule has 0 saturated carbocycles. The van der Waals surface area contributed by atoms with Crippen LogP contribution in [0.5, 0.6) is 11.5 Å². The van der Waals surface area contributed by atoms with Gasteiger partial charge in [-0.1, -0.05) is 15.9 Å². The summed E-state index contributed by atoms with van der Waals surface area (Å²) in [6, 6.07) is 11.6. The molecule has 1 amide bonds. The number of carbonyl (C=O) groups excluding carboxylic acids is 1. The Hall–Kier alpha value is -2.42. The molecule has 0 unspecified atom stereocenters. The van der Waals surface area contributed by atoms with Gasteiger partial charge in [0, 0.05) is 42.9 Å². The van der Waals surface area contributed by atoms with Crippen molar-refractivity contribution in [1.29, 1.82) is 0 Å². The first-order chi connectivity index (χ1) is 16.0. The molecule has 178 valence electrons. The Labute approximate surface area is 202 Å². The summed E-state index contributed by atoms with van der Waals surface area (Å²) in [6.45, 7) is 2.82. The van der Waals surface area contributed by atoms with Gasteiger partial charge >= 0.3 is 0 Å². The lowest BCUT2D eigenvalue weighted by Gasteiger charge is -2.34. The summed E-state index contributed by atoms with van der Waals surface area (Å²) in [5.41, 5.74) is 0.813. The fourth-order valence-corrected chi connectivity index (χ4v) is 4.20. The maximum atomic E-state index is 13.1. The molecule has 1 fully saturated rings. The molecule has 1 atom stereocenters. The Balaban J connectivity index is 1.49. The topological polar surface area (TPSA) is 60.0 Å². The monoisotopic (exact) mass is 520 g/mol. The molecule has 8 heteroatoms. The van der Waals surface area contributed by atoms with E-state index in [0.717, 1.165) is 36.0 Å². The predicted molar refractivity (Wildman–Crippen MR) is 130 cm³/mol. The van der Waals surface area contributed by atoms with Crippen molar-refractivity contribution in [1.82, 2.24) is 10.2 Å². The number of nitrogens with one attached hydrogen (secondary N) is 1. The fraction of sp³-hybridized carbons (Fsp3) is 0.400. The Morgan fingerprint density at radius 3 is 2.61 bits per heavy atom. The molecule has 0 spiro atoms. The van der Waals surface area contributed by atoms with Gasteiger partial charge in [0.05, 0.1) is 19.8 Å². The number of likely N-dealkylation sites (tertiary alicyclic amines) is 1. The van der Waals surface area contributed by atoms with E-state index in [1.54, 1.807) is 32.4 Å². The SMILES string of the molecule is COC[C@H](CN1CCC(Oc2ccc(F)cc2)CC1)NC(=O)/C=C/c1cc(Br)ccc1OC. The van der Waals surface area contributed by atoms with E-state index < -0.39 is 0 Å². The van der Waals surface area contributed by atoms with Crippen molar-refractivity contribution in [2.24, 2.45) is 0 Å². The van der Waals surface area contributed by atoms with Crippen LogP contribution in [0.25, 0.3) is 6.08 Å². The number of halogens is 2. The lowest BCUT2D eigenvalue weighted by atomic mass is 10.1. The summed E-state index contributed by atoms with van der Waals surface area (Å²) < 4.78 is 30.6. The highest BCUT2D eigenvalue weighted by Gasteiger charge is 2.23. The first-order valence-corrected chi connectivity index (χ1v) is 11.7. The zero-order valence-corrected chi connectivity index (χ0v) is 20.5. The minimum atomic E-state index is -0.269. The summed E-state index contributed by atoms with van der Waals surface area (Å²) in [4.78, 5) is 14.8. The van der Waals surface area contributed by atoms with Gasteiger partial charge in [-0.3, -0.25) is 4.79 Å². The summed E-state index contributed by atoms with van der Waals surface area (Å²) in [6.07, 6.45) is 5.09. The molecule has 0 radical (unpaired) electrons. The number of ether oxygens (including phenoxy) is 3. The quantitative estimate of drug-likeness (QED) is 0.473. The van der Waals surface area contributed by atoms with E-state index in [2.05, 4.69) is 26.1 Å². The third-order valence-corrected chi connectivity index (χ3v) is 5.94. The molecular formula is C25H30BrFN2O4. The van der Waals surface area contributed by atoms with E-state index in [1.807, 2.05) is 18.2 Å². The van der Waals surface area contributed by atoms with Gasteiger partial charge in [-0.05, 0) is 61.4 Å². The summed E-state index contributed by atoms with van der Waals surface area (Å²) in [5, 5.41) is 3.03. The van der Waals surface area contributed by atoms with Crippen molar-refractivity contribution < 1.29 is 23.4 Å². The van der Waals surface area contributed by atoms with Crippen LogP contribution >= 0.6 is 15.9 Å². The molecule has 6 nitrogen and oxygen atoms in total. The van der Waals surface area contributed by atoms with Crippen LogP contribution in [0.1, 0.15) is 18.4 Å². The summed E-state index contributed by atoms with van der Waals surface area (Å²) in [5.74, 6) is 0.928. The van der Waals surface area contributed by atoms with Crippen LogP contribution in [-0.2, 0) is 9.53 Å². The largest absolute Gasteiger partial charge is 0.496 e. The molecule has 1 heterocycles. The third-order valence-electron chi connectivity index (χ3n) is 5.45. The van der Waals surface area contributed by atoms with Crippen LogP contribution in [0.4, 0.5) is 4.39 Å². The minimum Gasteiger partial charge on any atom is -0.496 e. The van der Waals surface area contributed by atoms with Gasteiger partial charge in [0.1, 0.15) is 23.4 Å². The highest BCUT2D eigenvalue weighted by molar-refractivity contribution is 9.10. The first kappa shape index (κ1) is 25.2. The number of carbonyl (C=O) groups is 1. The molecule has 2 aromatic rings. The van der Waals surface area contributed by atoms with E-state index in [9.17, 15) is 9.18 Å². The van der Waals surface area contributed by atoms with E-state index in [0.29, 0.717) is 24.7 Å². The standard InChI is InChI=1S/C25H30BrFN2O4/c1-31-17-21(28-25(30)10-3-18-15-19(26)4-9-24(18)32-2)16-29-13-11-23(12-14-29)33-22-7-5-20(27)6-8-22/h3-10,15,21,23H,11-14,16-17H2,1-2H3,(H,28,30)/b10-3+/t21-/m0/s1. The number of methoxy groups -OCH3 is 2. The maximum Gasteiger partial charge on any atom is 0.244 e. The van der Waals surface area contributed by atoms with Crippen molar-refractivity contribution in [3.05, 3.63) is 64.4 Å². The second-order valence-corrected chi connectivity index (χ2v) is 8.87. The second kappa shape index (κ2) is 12.7. The van der Waals surface area contributed by atoms with Crippen molar-refractivity contribution in [3.8, 4) is 11.5 Å². The predicted octanol–water partition coefficient (Wildman–Crippen LogP) is 4.28. The van der Waals surface area contributed by atoms with Crippen LogP contribution in [0.15, 0.2) is 53.0 Å². The van der Waals surface area contributed by atoms with Gasteiger partial charge in [-0.15, -0.1) is 0 Å². The number of piperidine rings is 1. The van der Waals surface area contributed by atoms with Gasteiger partial charge in [-0.25, -0.2) is 4.39 Å². The van der Waals surface area contributed by atoms with E-state index in [-0.39, 0.29) is 23.9 Å². The molecule has 1 N–H and O–H groups in total. The molecular weight excluding hydrogens is 491 g/mol. The van der Waals surface area contributed by atoms with Crippen LogP contribution in [-0.4, -0.2) is 63.4 Å². The third kappa shape index (κ3) is 8.14. The maximum absolute atomic E-state index is 13.1. The molecule has 1 aliphatic rings. The average molecular weight is 521 g/mol. The lowest BCUT2D eigenvalue weighted by molar-refractivity contribution is -0.117. The smallest absolute Gasteiger partial charge is 0.244 e. The summed E-state index contributed by atoms with van der Waals surface area (Å²) in [7, 11) is 3.23. The van der Waals surface area contributed by atoms with Crippen molar-refractivity contribution >= 4 is 27.9 Å². The average Bonchev–Trinajstić information content (AvgIpc) is 2.81. The number of nitrogens with zero attached hydrogens (tertiary/aromatic N) is 1. The zero-order chi connectivity index (χ0) is 23.6. The van der Waals surface area contributed by atoms with Crippen molar-refractivity contribution in [2.45, 2.75) is 25.0 Å². The number of benzene rings is 2. The van der Waals surface area contributed by atoms with E-state index >= 15 is 0 Å². The lowest BCUT2D eigenvalue weighted by Crippen LogP contribution is -2.49. The van der Waals surface area contributed by atoms with Crippen molar-refractivity contribution in [3.63, 3.8) is 0 Å². The highest BCUT2D eigenvalue weighted by Crippen LogP contribution is 2.24. The second-order valence-electron chi connectivity index (χ2n) is 7.95. The number of amides is 1. The molecule has 33 heavy (non-hydrogen) atoms. The van der Waals surface area contributed by atoms with Gasteiger partial charge < -0.3 is 24.4 Å². The molecule has 0 bridgehead atoms. The van der Waals surface area contributed by atoms with Crippen LogP contribution in [0, 0.1) is 5.82 Å². The Morgan fingerprint density at radius 2 is 1.94 bits per heavy atom. The molecule has 2 aromatic carbocycles. The number of hydrogen-bond donors (Lipinski definition) is 1. The van der Waals surface area contributed by atoms with Crippen LogP contribution in [0.3, 0.4) is 0 Å². The molecule has 1 aliphatic heterocycles. The van der Waals surface area contributed by atoms with Gasteiger partial charge in [-0.2, -0.15) is 0 Å². The van der Waals surface area contributed by atoms with Gasteiger partial charge in [0.15, 0.2) is 0 Å². The van der Waals surface area contributed by atoms with E-state index in [4.69, 9.17) is 14.2 Å². The first-order valence-electron chi connectivity index (χ1n) is 10.9. The Kier molecular flexibility index (Phi) is 9.72. The van der Waals surface area contributed by atoms with Crippen molar-refractivity contribution in [2.75, 3.05) is 40.5 Å². The normalized spacial score (nSPS) is 16.0. The Morgan fingerprint density at radius 1 is 1.21 bits per heavy atom. The molecule has 0 aliphatic carbocycles. The van der Waals surface area contributed by atoms with Gasteiger partial charge in [0.25, 0.3) is 0 Å². The molecule has 1 saturated heterocycles. The summed E-state index contributed by atoms with van der Waals surface area (Å²) >= 11 is 3.44. The Bertz CT molecular complexity index is 931. The van der Waals surface area contributed by atoms with E-state index in [1.165, 1.54) is 18.2 Å². The minimum absolute atomic E-state index is 0.102. The highest BCUT2D eigenvalue weighted by atomic mass is 79.9. The van der Waals surface area contributed by atoms with Gasteiger partial charge in [0.2, 0.25) is 5.91 Å². The number of rotatable bonds is 10. The van der Waals surface area contributed by atoms with Crippen LogP contribution < -0.4 is 14.8 Å². The number of hydrogen-bond acceptors (Lipinski definition) is 5. The fourth-order valence-electron chi connectivity index (χ4n) is 3.82. The zero-order valence-electron chi connectivity index (χ0n) is 18.9. The molecule has 0 aromatic heterocycles. The van der Waals surface area contributed by atoms with Crippen LogP contribution in [0.2, 0.25) is 0 Å².